The number of nitrogens with zero attached hydrogens (tertiary/aromatic N) is 3. The fourth-order valence-electron chi connectivity index (χ4n) is 3.20. The average molecular weight is 315 g/mol. The molecule has 0 unspecified atom stereocenters. The van der Waals surface area contributed by atoms with Crippen LogP contribution in [0.25, 0.3) is 0 Å². The number of benzene rings is 1. The van der Waals surface area contributed by atoms with Gasteiger partial charge >= 0.3 is 0 Å². The monoisotopic (exact) mass is 315 g/mol. The third-order valence-electron chi connectivity index (χ3n) is 4.89. The van der Waals surface area contributed by atoms with Crippen molar-refractivity contribution in [1.82, 2.24) is 15.1 Å². The number of aromatic nitrogens is 2. The number of likely N-dealkylation sites (tertiary alicyclic amines) is 1. The molecule has 1 aromatic heterocycles. The second-order valence-electron chi connectivity index (χ2n) is 6.35. The summed E-state index contributed by atoms with van der Waals surface area (Å²) in [5.41, 5.74) is 1.25. The van der Waals surface area contributed by atoms with Gasteiger partial charge in [-0.25, -0.2) is 0 Å². The predicted octanol–water partition coefficient (Wildman–Crippen LogP) is 3.06. The summed E-state index contributed by atoms with van der Waals surface area (Å²) in [4.78, 5) is 2.37. The van der Waals surface area contributed by atoms with E-state index in [9.17, 15) is 0 Å². The maximum absolute atomic E-state index is 5.93. The summed E-state index contributed by atoms with van der Waals surface area (Å²) < 4.78 is 11.1. The molecule has 124 valence electrons. The largest absolute Gasteiger partial charge is 0.497 e. The van der Waals surface area contributed by atoms with E-state index < -0.39 is 0 Å². The van der Waals surface area contributed by atoms with Crippen LogP contribution in [-0.2, 0) is 12.8 Å². The summed E-state index contributed by atoms with van der Waals surface area (Å²) in [6, 6.07) is 8.57. The van der Waals surface area contributed by atoms with Crippen LogP contribution >= 0.6 is 0 Å². The van der Waals surface area contributed by atoms with Gasteiger partial charge in [-0.1, -0.05) is 12.1 Å². The van der Waals surface area contributed by atoms with E-state index in [1.54, 1.807) is 7.11 Å². The van der Waals surface area contributed by atoms with Crippen molar-refractivity contribution in [3.63, 3.8) is 0 Å². The van der Waals surface area contributed by atoms with Crippen molar-refractivity contribution in [2.75, 3.05) is 20.7 Å². The molecule has 0 radical (unpaired) electrons. The molecule has 1 aromatic carbocycles. The fraction of sp³-hybridized carbons (Fsp3) is 0.556. The molecule has 1 aliphatic heterocycles. The molecule has 0 saturated carbocycles. The lowest BCUT2D eigenvalue weighted by Gasteiger charge is -2.34. The van der Waals surface area contributed by atoms with Crippen LogP contribution < -0.4 is 4.74 Å². The highest BCUT2D eigenvalue weighted by Crippen LogP contribution is 2.30. The second-order valence-corrected chi connectivity index (χ2v) is 6.35. The average Bonchev–Trinajstić information content (AvgIpc) is 3.04. The van der Waals surface area contributed by atoms with Crippen molar-refractivity contribution < 1.29 is 9.15 Å². The van der Waals surface area contributed by atoms with Gasteiger partial charge in [-0.05, 0) is 57.5 Å². The highest BCUT2D eigenvalue weighted by Gasteiger charge is 2.30. The molecule has 5 heteroatoms. The van der Waals surface area contributed by atoms with Crippen molar-refractivity contribution in [2.45, 2.75) is 44.6 Å². The number of piperidine rings is 1. The fourth-order valence-corrected chi connectivity index (χ4v) is 3.20. The standard InChI is InChI=1S/C18H25N3O2/c1-13-16(5-4-12-21(13)2)18-20-19-17(23-18)11-8-14-6-9-15(22-3)10-7-14/h6-7,9-10,13,16H,4-5,8,11-12H2,1-3H3/t13-,16-/m0/s1. The molecule has 3 rings (SSSR count). The highest BCUT2D eigenvalue weighted by atomic mass is 16.5. The topological polar surface area (TPSA) is 51.4 Å². The quantitative estimate of drug-likeness (QED) is 0.849. The van der Waals surface area contributed by atoms with Gasteiger partial charge in [-0.3, -0.25) is 0 Å². The summed E-state index contributed by atoms with van der Waals surface area (Å²) >= 11 is 0. The molecule has 1 fully saturated rings. The van der Waals surface area contributed by atoms with E-state index in [1.165, 1.54) is 12.0 Å². The Labute approximate surface area is 137 Å². The molecule has 0 amide bonds. The second kappa shape index (κ2) is 7.13. The maximum Gasteiger partial charge on any atom is 0.221 e. The molecule has 1 aliphatic rings. The Morgan fingerprint density at radius 2 is 2.00 bits per heavy atom. The Morgan fingerprint density at radius 1 is 1.22 bits per heavy atom. The molecule has 2 heterocycles. The van der Waals surface area contributed by atoms with Crippen LogP contribution in [0.1, 0.15) is 43.0 Å². The highest BCUT2D eigenvalue weighted by molar-refractivity contribution is 5.27. The first-order valence-electron chi connectivity index (χ1n) is 8.33. The van der Waals surface area contributed by atoms with Crippen LogP contribution in [0.15, 0.2) is 28.7 Å². The van der Waals surface area contributed by atoms with Crippen LogP contribution in [0.5, 0.6) is 5.75 Å². The van der Waals surface area contributed by atoms with Gasteiger partial charge in [0.2, 0.25) is 11.8 Å². The molecule has 1 saturated heterocycles. The molecule has 0 bridgehead atoms. The lowest BCUT2D eigenvalue weighted by molar-refractivity contribution is 0.157. The van der Waals surface area contributed by atoms with Crippen LogP contribution in [0.3, 0.4) is 0 Å². The van der Waals surface area contributed by atoms with Gasteiger partial charge in [0.15, 0.2) is 0 Å². The van der Waals surface area contributed by atoms with Gasteiger partial charge < -0.3 is 14.1 Å². The number of ether oxygens (including phenoxy) is 1. The molecule has 0 spiro atoms. The van der Waals surface area contributed by atoms with E-state index in [2.05, 4.69) is 41.2 Å². The van der Waals surface area contributed by atoms with Crippen molar-refractivity contribution in [1.29, 1.82) is 0 Å². The Morgan fingerprint density at radius 3 is 2.74 bits per heavy atom. The van der Waals surface area contributed by atoms with Gasteiger partial charge in [-0.2, -0.15) is 0 Å². The zero-order valence-electron chi connectivity index (χ0n) is 14.2. The van der Waals surface area contributed by atoms with Crippen LogP contribution in [0, 0.1) is 0 Å². The Hall–Kier alpha value is -1.88. The first-order chi connectivity index (χ1) is 11.2. The Bertz CT molecular complexity index is 623. The number of rotatable bonds is 5. The third-order valence-corrected chi connectivity index (χ3v) is 4.89. The van der Waals surface area contributed by atoms with Gasteiger partial charge in [0.05, 0.1) is 13.0 Å². The lowest BCUT2D eigenvalue weighted by atomic mass is 9.90. The van der Waals surface area contributed by atoms with Gasteiger partial charge in [0.1, 0.15) is 5.75 Å². The summed E-state index contributed by atoms with van der Waals surface area (Å²) in [6.07, 6.45) is 3.99. The third kappa shape index (κ3) is 3.72. The summed E-state index contributed by atoms with van der Waals surface area (Å²) in [7, 11) is 3.84. The summed E-state index contributed by atoms with van der Waals surface area (Å²) in [5, 5.41) is 8.54. The minimum atomic E-state index is 0.357. The molecule has 0 N–H and O–H groups in total. The minimum Gasteiger partial charge on any atom is -0.497 e. The van der Waals surface area contributed by atoms with E-state index in [-0.39, 0.29) is 0 Å². The van der Waals surface area contributed by atoms with E-state index in [0.717, 1.165) is 43.3 Å². The Balaban J connectivity index is 1.60. The van der Waals surface area contributed by atoms with Gasteiger partial charge in [-0.15, -0.1) is 10.2 Å². The smallest absolute Gasteiger partial charge is 0.221 e. The van der Waals surface area contributed by atoms with E-state index >= 15 is 0 Å². The van der Waals surface area contributed by atoms with E-state index in [4.69, 9.17) is 9.15 Å². The normalized spacial score (nSPS) is 22.2. The van der Waals surface area contributed by atoms with Crippen LogP contribution in [0.4, 0.5) is 0 Å². The van der Waals surface area contributed by atoms with Crippen LogP contribution in [0.2, 0.25) is 0 Å². The minimum absolute atomic E-state index is 0.357. The van der Waals surface area contributed by atoms with Crippen molar-refractivity contribution in [3.05, 3.63) is 41.6 Å². The SMILES string of the molecule is COc1ccc(CCc2nnc([C@H]3CCCN(C)[C@H]3C)o2)cc1. The van der Waals surface area contributed by atoms with Crippen LogP contribution in [-0.4, -0.2) is 41.8 Å². The van der Waals surface area contributed by atoms with E-state index in [1.807, 2.05) is 12.1 Å². The number of hydrogen-bond acceptors (Lipinski definition) is 5. The lowest BCUT2D eigenvalue weighted by Crippen LogP contribution is -2.39. The van der Waals surface area contributed by atoms with Gasteiger partial charge in [0.25, 0.3) is 0 Å². The number of aryl methyl sites for hydroxylation is 2. The number of likely N-dealkylation sites (N-methyl/N-ethyl adjacent to an activating group) is 1. The molecular formula is C18H25N3O2. The Kier molecular flexibility index (Phi) is 4.96. The summed E-state index contributed by atoms with van der Waals surface area (Å²) in [5.74, 6) is 2.77. The maximum atomic E-state index is 5.93. The zero-order chi connectivity index (χ0) is 16.2. The van der Waals surface area contributed by atoms with E-state index in [0.29, 0.717) is 12.0 Å². The molecule has 2 aromatic rings. The predicted molar refractivity (Wildman–Crippen MR) is 88.8 cm³/mol. The molecular weight excluding hydrogens is 290 g/mol. The molecule has 23 heavy (non-hydrogen) atoms. The van der Waals surface area contributed by atoms with Crippen molar-refractivity contribution in [3.8, 4) is 5.75 Å². The summed E-state index contributed by atoms with van der Waals surface area (Å²) in [6.45, 7) is 3.39. The van der Waals surface area contributed by atoms with Crippen molar-refractivity contribution >= 4 is 0 Å². The first-order valence-corrected chi connectivity index (χ1v) is 8.33. The molecule has 0 aliphatic carbocycles. The zero-order valence-corrected chi connectivity index (χ0v) is 14.2. The number of methoxy groups -OCH3 is 1. The first kappa shape index (κ1) is 16.0. The molecule has 5 nitrogen and oxygen atoms in total. The molecule has 2 atom stereocenters. The van der Waals surface area contributed by atoms with Crippen molar-refractivity contribution in [2.24, 2.45) is 0 Å². The van der Waals surface area contributed by atoms with Gasteiger partial charge in [0, 0.05) is 12.5 Å². The number of hydrogen-bond donors (Lipinski definition) is 0.